The molecule has 15 rings (SSSR count). The first-order chi connectivity index (χ1) is 41.8. The highest BCUT2D eigenvalue weighted by Crippen LogP contribution is 2.54. The van der Waals surface area contributed by atoms with Crippen LogP contribution in [-0.4, -0.2) is 13.7 Å². The minimum Gasteiger partial charge on any atom is -0.360 e. The molecule has 10 aromatic carbocycles. The van der Waals surface area contributed by atoms with E-state index in [4.69, 9.17) is 0 Å². The topological polar surface area (TPSA) is 13.0 Å². The summed E-state index contributed by atoms with van der Waals surface area (Å²) in [6, 6.07) is 77.0. The van der Waals surface area contributed by atoms with Crippen LogP contribution >= 0.6 is 22.7 Å². The van der Waals surface area contributed by atoms with Crippen molar-refractivity contribution in [2.45, 2.75) is 101 Å². The maximum absolute atomic E-state index is 2.69. The zero-order chi connectivity index (χ0) is 60.1. The van der Waals surface area contributed by atoms with Crippen molar-refractivity contribution in [2.24, 2.45) is 0 Å². The van der Waals surface area contributed by atoms with Crippen molar-refractivity contribution in [3.8, 4) is 20.9 Å². The number of hydrogen-bond donors (Lipinski definition) is 0. The molecule has 0 N–H and O–H groups in total. The van der Waals surface area contributed by atoms with Crippen LogP contribution in [0.2, 0.25) is 0 Å². The Balaban J connectivity index is 1.03. The Morgan fingerprint density at radius 3 is 1.24 bits per heavy atom. The molecule has 426 valence electrons. The lowest BCUT2D eigenvalue weighted by Gasteiger charge is -2.46. The van der Waals surface area contributed by atoms with Gasteiger partial charge in [-0.25, -0.2) is 0 Å². The SMILES string of the molecule is Cc1cc2c3c(c1)N(c1c(C)cc(-c4cc5ccccc5s4)cc1C)c1cc4c(cc1B3c1ccc(C(C)(C)C)cc1N2c1c(C)cc(-c2cc3ccccc3s2)cc1C)N(c1ccccc1)B(c1c(C)cc(C(C)(C)C)cc1C)N4c1ccccc1. The molecule has 0 saturated heterocycles. The van der Waals surface area contributed by atoms with Gasteiger partial charge in [0.25, 0.3) is 6.71 Å². The number of rotatable bonds is 7. The molecule has 2 aromatic heterocycles. The zero-order valence-electron chi connectivity index (χ0n) is 52.3. The summed E-state index contributed by atoms with van der Waals surface area (Å²) in [5, 5.41) is 2.58. The smallest absolute Gasteiger partial charge is 0.360 e. The quantitative estimate of drug-likeness (QED) is 0.147. The van der Waals surface area contributed by atoms with Gasteiger partial charge in [-0.2, -0.15) is 0 Å². The van der Waals surface area contributed by atoms with Crippen molar-refractivity contribution >= 4 is 135 Å². The van der Waals surface area contributed by atoms with Crippen molar-refractivity contribution in [2.75, 3.05) is 19.4 Å². The lowest BCUT2D eigenvalue weighted by Crippen LogP contribution is -2.61. The van der Waals surface area contributed by atoms with E-state index >= 15 is 0 Å². The molecule has 0 bridgehead atoms. The van der Waals surface area contributed by atoms with E-state index in [0.29, 0.717) is 0 Å². The second-order valence-corrected chi connectivity index (χ2v) is 29.2. The number of para-hydroxylation sites is 2. The number of nitrogens with zero attached hydrogens (tertiary/aromatic N) is 4. The van der Waals surface area contributed by atoms with Crippen molar-refractivity contribution in [3.05, 3.63) is 250 Å². The second-order valence-electron chi connectivity index (χ2n) is 27.0. The minimum atomic E-state index is -0.203. The van der Waals surface area contributed by atoms with E-state index in [2.05, 4.69) is 310 Å². The summed E-state index contributed by atoms with van der Waals surface area (Å²) in [4.78, 5) is 13.2. The molecular weight excluding hydrogens is 1090 g/mol. The Bertz CT molecular complexity index is 4660. The number of fused-ring (bicyclic) bond motifs is 7. The molecule has 0 amide bonds. The average molecular weight is 1160 g/mol. The van der Waals surface area contributed by atoms with Gasteiger partial charge in [0, 0.05) is 53.3 Å². The molecule has 12 aromatic rings. The monoisotopic (exact) mass is 1160 g/mol. The molecule has 4 nitrogen and oxygen atoms in total. The molecule has 0 atom stereocenters. The Morgan fingerprint density at radius 2 is 0.782 bits per heavy atom. The molecule has 0 spiro atoms. The minimum absolute atomic E-state index is 0.00790. The van der Waals surface area contributed by atoms with Gasteiger partial charge in [0.1, 0.15) is 0 Å². The number of hydrogen-bond acceptors (Lipinski definition) is 6. The summed E-state index contributed by atoms with van der Waals surface area (Å²) in [6.45, 7) is 30.1. The highest BCUT2D eigenvalue weighted by molar-refractivity contribution is 7.22. The first kappa shape index (κ1) is 55.1. The molecule has 0 fully saturated rings. The van der Waals surface area contributed by atoms with Crippen molar-refractivity contribution in [1.82, 2.24) is 0 Å². The van der Waals surface area contributed by atoms with Crippen LogP contribution in [0.3, 0.4) is 0 Å². The van der Waals surface area contributed by atoms with Gasteiger partial charge in [-0.3, -0.25) is 0 Å². The van der Waals surface area contributed by atoms with Crippen LogP contribution in [0.5, 0.6) is 0 Å². The van der Waals surface area contributed by atoms with Gasteiger partial charge in [0.15, 0.2) is 0 Å². The number of aryl methyl sites for hydroxylation is 7. The van der Waals surface area contributed by atoms with Gasteiger partial charge in [0.05, 0.1) is 22.7 Å². The standard InChI is InChI=1S/C79H72B2N4S2/c1-47-34-68-75-69(35-47)83(77-52(6)38-57(39-53(77)7)73-43-55-25-21-23-31-71(55)87-73)65-46-67-66(84(60-26-16-14-17-27-60)81(85(67)61-28-18-15-19-29-61)74-48(2)40-59(41-49(74)3)79(11,12)13)45-63(65)80(75)62-33-32-58(78(8,9)10)44-64(62)82(68)76-50(4)36-56(37-51(76)5)72-42-54-24-20-22-30-70(54)86-72/h14-46H,1-13H3. The van der Waals surface area contributed by atoms with Crippen LogP contribution in [-0.2, 0) is 10.8 Å². The van der Waals surface area contributed by atoms with Crippen molar-refractivity contribution in [3.63, 3.8) is 0 Å². The van der Waals surface area contributed by atoms with Crippen LogP contribution in [0.1, 0.15) is 91.6 Å². The third kappa shape index (κ3) is 8.91. The second kappa shape index (κ2) is 20.3. The van der Waals surface area contributed by atoms with E-state index in [9.17, 15) is 0 Å². The van der Waals surface area contributed by atoms with Crippen LogP contribution in [0, 0.1) is 48.5 Å². The van der Waals surface area contributed by atoms with Crippen LogP contribution in [0.4, 0.5) is 56.9 Å². The summed E-state index contributed by atoms with van der Waals surface area (Å²) >= 11 is 3.76. The third-order valence-corrected chi connectivity index (χ3v) is 21.1. The van der Waals surface area contributed by atoms with E-state index in [0.717, 1.165) is 11.4 Å². The summed E-state index contributed by atoms with van der Waals surface area (Å²) in [6.07, 6.45) is 0. The third-order valence-electron chi connectivity index (χ3n) is 18.8. The van der Waals surface area contributed by atoms with Crippen LogP contribution in [0.15, 0.2) is 200 Å². The van der Waals surface area contributed by atoms with Crippen molar-refractivity contribution in [1.29, 1.82) is 0 Å². The van der Waals surface area contributed by atoms with Crippen LogP contribution in [0.25, 0.3) is 41.1 Å². The van der Waals surface area contributed by atoms with Gasteiger partial charge in [-0.15, -0.1) is 22.7 Å². The van der Waals surface area contributed by atoms with Crippen LogP contribution < -0.4 is 41.3 Å². The van der Waals surface area contributed by atoms with E-state index in [1.54, 1.807) is 0 Å². The fourth-order valence-electron chi connectivity index (χ4n) is 14.8. The summed E-state index contributed by atoms with van der Waals surface area (Å²) < 4.78 is 2.62. The van der Waals surface area contributed by atoms with Gasteiger partial charge in [0.2, 0.25) is 0 Å². The highest BCUT2D eigenvalue weighted by Gasteiger charge is 2.50. The maximum atomic E-state index is 2.69. The molecule has 87 heavy (non-hydrogen) atoms. The van der Waals surface area contributed by atoms with E-state index in [-0.39, 0.29) is 24.5 Å². The van der Waals surface area contributed by atoms with E-state index < -0.39 is 0 Å². The fourth-order valence-corrected chi connectivity index (χ4v) is 16.9. The Labute approximate surface area is 523 Å². The molecule has 0 aliphatic carbocycles. The highest BCUT2D eigenvalue weighted by atomic mass is 32.1. The van der Waals surface area contributed by atoms with Gasteiger partial charge in [-0.1, -0.05) is 150 Å². The normalized spacial score (nSPS) is 13.7. The molecule has 0 unspecified atom stereocenters. The number of benzene rings is 10. The molecule has 3 aliphatic rings. The predicted molar refractivity (Wildman–Crippen MR) is 382 cm³/mol. The average Bonchev–Trinajstić information content (AvgIpc) is 1.64. The van der Waals surface area contributed by atoms with E-state index in [1.807, 2.05) is 22.7 Å². The number of thiophene rings is 2. The summed E-state index contributed by atoms with van der Waals surface area (Å²) in [7, 11) is 0. The Morgan fingerprint density at radius 1 is 0.345 bits per heavy atom. The largest absolute Gasteiger partial charge is 0.421 e. The molecule has 3 aliphatic heterocycles. The predicted octanol–water partition coefficient (Wildman–Crippen LogP) is 20.0. The lowest BCUT2D eigenvalue weighted by atomic mass is 9.33. The molecule has 5 heterocycles. The molecule has 8 heteroatoms. The van der Waals surface area contributed by atoms with Gasteiger partial charge < -0.3 is 19.4 Å². The van der Waals surface area contributed by atoms with Gasteiger partial charge >= 0.3 is 6.98 Å². The summed E-state index contributed by atoms with van der Waals surface area (Å²) in [5.74, 6) is 0. The lowest BCUT2D eigenvalue weighted by molar-refractivity contribution is 0.589. The molecule has 0 radical (unpaired) electrons. The number of anilines is 10. The zero-order valence-corrected chi connectivity index (χ0v) is 53.9. The van der Waals surface area contributed by atoms with E-state index in [1.165, 1.54) is 158 Å². The fraction of sp³-hybridized carbons (Fsp3) is 0.190. The molecule has 0 saturated carbocycles. The van der Waals surface area contributed by atoms with Gasteiger partial charge in [-0.05, 0) is 245 Å². The Hall–Kier alpha value is -8.55. The first-order valence-electron chi connectivity index (χ1n) is 30.9. The summed E-state index contributed by atoms with van der Waals surface area (Å²) in [5.41, 5.74) is 31.2. The molecular formula is C79H72B2N4S2. The maximum Gasteiger partial charge on any atom is 0.421 e. The van der Waals surface area contributed by atoms with Crippen molar-refractivity contribution < 1.29 is 0 Å². The first-order valence-corrected chi connectivity index (χ1v) is 32.5. The Kier molecular flexibility index (Phi) is 12.8.